The molecule has 0 aliphatic heterocycles. The van der Waals surface area contributed by atoms with E-state index in [1.54, 1.807) is 30.3 Å². The fourth-order valence-corrected chi connectivity index (χ4v) is 3.90. The minimum atomic E-state index is -0.372. The molecule has 0 saturated carbocycles. The highest BCUT2D eigenvalue weighted by Crippen LogP contribution is 2.30. The molecule has 4 aromatic rings. The van der Waals surface area contributed by atoms with Gasteiger partial charge in [-0.15, -0.1) is 0 Å². The van der Waals surface area contributed by atoms with Crippen LogP contribution < -0.4 is 15.4 Å². The maximum atomic E-state index is 13.4. The molecule has 35 heavy (non-hydrogen) atoms. The molecule has 0 aliphatic carbocycles. The standard InChI is InChI=1S/C30H28N2O3/c1-3-35-28-19-18-24(25-16-10-11-17-26(25)28)20-27(32-29(33)23-14-8-5-9-15-23)30(34)31-21(2)22-12-6-4-7-13-22/h4-21H,3H2,1-2H3,(H,31,34)(H,32,33)/b27-20+/t21-/m0/s1. The summed E-state index contributed by atoms with van der Waals surface area (Å²) in [5.41, 5.74) is 2.41. The molecule has 5 heteroatoms. The van der Waals surface area contributed by atoms with E-state index in [-0.39, 0.29) is 23.6 Å². The summed E-state index contributed by atoms with van der Waals surface area (Å²) in [5, 5.41) is 7.69. The second-order valence-electron chi connectivity index (χ2n) is 8.12. The Balaban J connectivity index is 1.72. The van der Waals surface area contributed by atoms with Crippen molar-refractivity contribution in [3.63, 3.8) is 0 Å². The highest BCUT2D eigenvalue weighted by atomic mass is 16.5. The van der Waals surface area contributed by atoms with Crippen LogP contribution in [0.15, 0.2) is 103 Å². The summed E-state index contributed by atoms with van der Waals surface area (Å²) in [6.45, 7) is 4.41. The quantitative estimate of drug-likeness (QED) is 0.320. The van der Waals surface area contributed by atoms with Crippen molar-refractivity contribution >= 4 is 28.7 Å². The van der Waals surface area contributed by atoms with Crippen LogP contribution in [0.1, 0.15) is 41.4 Å². The Morgan fingerprint density at radius 2 is 1.46 bits per heavy atom. The van der Waals surface area contributed by atoms with Gasteiger partial charge < -0.3 is 15.4 Å². The smallest absolute Gasteiger partial charge is 0.268 e. The van der Waals surface area contributed by atoms with Crippen LogP contribution in [0.3, 0.4) is 0 Å². The van der Waals surface area contributed by atoms with Gasteiger partial charge in [0.15, 0.2) is 0 Å². The van der Waals surface area contributed by atoms with Gasteiger partial charge in [-0.25, -0.2) is 0 Å². The molecule has 0 aliphatic rings. The largest absolute Gasteiger partial charge is 0.493 e. The molecular formula is C30H28N2O3. The number of hydrogen-bond donors (Lipinski definition) is 2. The van der Waals surface area contributed by atoms with Gasteiger partial charge in [-0.05, 0) is 54.6 Å². The Hall–Kier alpha value is -4.38. The summed E-state index contributed by atoms with van der Waals surface area (Å²) in [5.74, 6) is 0.0514. The molecule has 0 aromatic heterocycles. The minimum Gasteiger partial charge on any atom is -0.493 e. The van der Waals surface area contributed by atoms with Crippen LogP contribution in [0.25, 0.3) is 16.8 Å². The number of hydrogen-bond acceptors (Lipinski definition) is 3. The van der Waals surface area contributed by atoms with Gasteiger partial charge in [0.25, 0.3) is 11.8 Å². The molecule has 0 saturated heterocycles. The summed E-state index contributed by atoms with van der Waals surface area (Å²) in [6.07, 6.45) is 1.71. The van der Waals surface area contributed by atoms with Gasteiger partial charge in [-0.1, -0.05) is 78.9 Å². The monoisotopic (exact) mass is 464 g/mol. The van der Waals surface area contributed by atoms with Crippen molar-refractivity contribution in [2.45, 2.75) is 19.9 Å². The third-order valence-electron chi connectivity index (χ3n) is 5.69. The Morgan fingerprint density at radius 3 is 2.14 bits per heavy atom. The molecule has 1 atom stereocenters. The molecule has 176 valence electrons. The number of carbonyl (C=O) groups excluding carboxylic acids is 2. The second kappa shape index (κ2) is 11.2. The minimum absolute atomic E-state index is 0.163. The molecule has 0 unspecified atom stereocenters. The fraction of sp³-hybridized carbons (Fsp3) is 0.133. The molecule has 2 N–H and O–H groups in total. The SMILES string of the molecule is CCOc1ccc(/C=C(/NC(=O)c2ccccc2)C(=O)N[C@@H](C)c2ccccc2)c2ccccc12. The molecule has 4 rings (SSSR count). The van der Waals surface area contributed by atoms with Crippen LogP contribution in [-0.4, -0.2) is 18.4 Å². The number of nitrogens with one attached hydrogen (secondary N) is 2. The van der Waals surface area contributed by atoms with E-state index in [0.717, 1.165) is 27.6 Å². The third-order valence-corrected chi connectivity index (χ3v) is 5.69. The number of fused-ring (bicyclic) bond motifs is 1. The number of rotatable bonds is 8. The molecule has 5 nitrogen and oxygen atoms in total. The Kier molecular flexibility index (Phi) is 7.58. The first-order valence-electron chi connectivity index (χ1n) is 11.6. The summed E-state index contributed by atoms with van der Waals surface area (Å²) >= 11 is 0. The molecule has 0 spiro atoms. The van der Waals surface area contributed by atoms with Crippen LogP contribution >= 0.6 is 0 Å². The third kappa shape index (κ3) is 5.76. The maximum Gasteiger partial charge on any atom is 0.268 e. The van der Waals surface area contributed by atoms with Gasteiger partial charge in [0.05, 0.1) is 12.6 Å². The van der Waals surface area contributed by atoms with E-state index < -0.39 is 0 Å². The van der Waals surface area contributed by atoms with Gasteiger partial charge in [-0.3, -0.25) is 9.59 Å². The zero-order chi connectivity index (χ0) is 24.6. The summed E-state index contributed by atoms with van der Waals surface area (Å²) < 4.78 is 5.78. The zero-order valence-electron chi connectivity index (χ0n) is 19.8. The summed E-state index contributed by atoms with van der Waals surface area (Å²) in [7, 11) is 0. The van der Waals surface area contributed by atoms with Gasteiger partial charge >= 0.3 is 0 Å². The van der Waals surface area contributed by atoms with E-state index >= 15 is 0 Å². The lowest BCUT2D eigenvalue weighted by Gasteiger charge is -2.17. The van der Waals surface area contributed by atoms with E-state index in [0.29, 0.717) is 12.2 Å². The van der Waals surface area contributed by atoms with Crippen LogP contribution in [0.2, 0.25) is 0 Å². The van der Waals surface area contributed by atoms with Crippen molar-refractivity contribution in [1.29, 1.82) is 0 Å². The Morgan fingerprint density at radius 1 is 0.829 bits per heavy atom. The van der Waals surface area contributed by atoms with Crippen molar-refractivity contribution in [3.8, 4) is 5.75 Å². The molecule has 0 fully saturated rings. The maximum absolute atomic E-state index is 13.4. The average Bonchev–Trinajstić information content (AvgIpc) is 2.90. The van der Waals surface area contributed by atoms with Crippen LogP contribution in [0.5, 0.6) is 5.75 Å². The Bertz CT molecular complexity index is 1350. The van der Waals surface area contributed by atoms with Crippen LogP contribution in [0.4, 0.5) is 0 Å². The normalized spacial score (nSPS) is 12.1. The summed E-state index contributed by atoms with van der Waals surface area (Å²) in [6, 6.07) is 29.9. The number of benzene rings is 4. The lowest BCUT2D eigenvalue weighted by atomic mass is 10.0. The topological polar surface area (TPSA) is 67.4 Å². The average molecular weight is 465 g/mol. The van der Waals surface area contributed by atoms with Crippen molar-refractivity contribution in [1.82, 2.24) is 10.6 Å². The van der Waals surface area contributed by atoms with Crippen LogP contribution in [0, 0.1) is 0 Å². The fourth-order valence-electron chi connectivity index (χ4n) is 3.90. The van der Waals surface area contributed by atoms with Crippen LogP contribution in [-0.2, 0) is 4.79 Å². The van der Waals surface area contributed by atoms with Crippen molar-refractivity contribution in [3.05, 3.63) is 119 Å². The number of carbonyl (C=O) groups is 2. The first kappa shape index (κ1) is 23.8. The van der Waals surface area contributed by atoms with Crippen molar-refractivity contribution in [2.75, 3.05) is 6.61 Å². The van der Waals surface area contributed by atoms with Gasteiger partial charge in [-0.2, -0.15) is 0 Å². The van der Waals surface area contributed by atoms with Gasteiger partial charge in [0, 0.05) is 10.9 Å². The molecule has 0 bridgehead atoms. The van der Waals surface area contributed by atoms with Crippen molar-refractivity contribution in [2.24, 2.45) is 0 Å². The van der Waals surface area contributed by atoms with E-state index in [2.05, 4.69) is 10.6 Å². The predicted octanol–water partition coefficient (Wildman–Crippen LogP) is 5.89. The Labute approximate surface area is 205 Å². The van der Waals surface area contributed by atoms with E-state index in [1.165, 1.54) is 0 Å². The van der Waals surface area contributed by atoms with Crippen molar-refractivity contribution < 1.29 is 14.3 Å². The van der Waals surface area contributed by atoms with E-state index in [1.807, 2.05) is 86.6 Å². The highest BCUT2D eigenvalue weighted by molar-refractivity contribution is 6.07. The molecular weight excluding hydrogens is 436 g/mol. The zero-order valence-corrected chi connectivity index (χ0v) is 19.8. The predicted molar refractivity (Wildman–Crippen MR) is 140 cm³/mol. The summed E-state index contributed by atoms with van der Waals surface area (Å²) in [4.78, 5) is 26.3. The van der Waals surface area contributed by atoms with E-state index in [9.17, 15) is 9.59 Å². The lowest BCUT2D eigenvalue weighted by molar-refractivity contribution is -0.118. The lowest BCUT2D eigenvalue weighted by Crippen LogP contribution is -2.36. The van der Waals surface area contributed by atoms with E-state index in [4.69, 9.17) is 4.74 Å². The molecule has 4 aromatic carbocycles. The highest BCUT2D eigenvalue weighted by Gasteiger charge is 2.18. The number of ether oxygens (including phenoxy) is 1. The molecule has 0 radical (unpaired) electrons. The van der Waals surface area contributed by atoms with Gasteiger partial charge in [0.1, 0.15) is 11.4 Å². The first-order chi connectivity index (χ1) is 17.1. The number of amides is 2. The molecule has 2 amide bonds. The first-order valence-corrected chi connectivity index (χ1v) is 11.6. The second-order valence-corrected chi connectivity index (χ2v) is 8.12. The molecule has 0 heterocycles. The van der Waals surface area contributed by atoms with Gasteiger partial charge in [0.2, 0.25) is 0 Å².